The zero-order valence-corrected chi connectivity index (χ0v) is 20.5. The molecule has 1 amide bonds. The fourth-order valence-electron chi connectivity index (χ4n) is 4.81. The molecule has 0 N–H and O–H groups in total. The molecule has 0 aliphatic carbocycles. The van der Waals surface area contributed by atoms with Crippen molar-refractivity contribution in [3.8, 4) is 11.5 Å². The van der Waals surface area contributed by atoms with Crippen molar-refractivity contribution in [2.75, 3.05) is 6.54 Å². The van der Waals surface area contributed by atoms with Gasteiger partial charge in [-0.3, -0.25) is 9.59 Å². The van der Waals surface area contributed by atoms with Crippen molar-refractivity contribution in [1.82, 2.24) is 19.9 Å². The summed E-state index contributed by atoms with van der Waals surface area (Å²) in [4.78, 5) is 28.2. The van der Waals surface area contributed by atoms with Gasteiger partial charge in [0.1, 0.15) is 29.7 Å². The highest BCUT2D eigenvalue weighted by Crippen LogP contribution is 2.29. The van der Waals surface area contributed by atoms with Crippen LogP contribution < -0.4 is 4.74 Å². The van der Waals surface area contributed by atoms with Crippen molar-refractivity contribution in [3.05, 3.63) is 108 Å². The average molecular weight is 517 g/mol. The lowest BCUT2D eigenvalue weighted by molar-refractivity contribution is -0.138. The summed E-state index contributed by atoms with van der Waals surface area (Å²) in [5, 5.41) is 7.60. The summed E-state index contributed by atoms with van der Waals surface area (Å²) >= 11 is 0. The number of hydrogen-bond donors (Lipinski definition) is 0. The lowest BCUT2D eigenvalue weighted by Crippen LogP contribution is -2.42. The zero-order valence-electron chi connectivity index (χ0n) is 20.5. The van der Waals surface area contributed by atoms with Crippen molar-refractivity contribution in [2.45, 2.75) is 31.8 Å². The Morgan fingerprint density at radius 3 is 2.34 bits per heavy atom. The van der Waals surface area contributed by atoms with Crippen LogP contribution >= 0.6 is 0 Å². The Bertz CT molecular complexity index is 1390. The largest absolute Gasteiger partial charge is 0.457 e. The number of Topliss-reactive ketones (excluding diaryl/α,β-unsaturated/α-hetero) is 1. The fraction of sp³-hybridized carbons (Fsp3) is 0.241. The first-order valence-corrected chi connectivity index (χ1v) is 12.4. The Kier molecular flexibility index (Phi) is 7.53. The molecule has 0 unspecified atom stereocenters. The number of benzene rings is 3. The molecule has 1 saturated heterocycles. The standard InChI is InChI=1S/C29H26F2N4O3/c30-23-7-11-25(12-8-23)38-24-9-5-20(6-10-24)17-28(36)27-16-21(15-22-3-1-2-4-26(22)31)18-35(27)29(37)19-34-14-13-32-33-34/h1-14,21,27H,15-19H2/t21-,27+/m1/s1. The third-order valence-electron chi connectivity index (χ3n) is 6.67. The summed E-state index contributed by atoms with van der Waals surface area (Å²) in [6.07, 6.45) is 4.13. The summed E-state index contributed by atoms with van der Waals surface area (Å²) in [6, 6.07) is 18.8. The van der Waals surface area contributed by atoms with Gasteiger partial charge >= 0.3 is 0 Å². The summed E-state index contributed by atoms with van der Waals surface area (Å²) in [5.41, 5.74) is 1.36. The van der Waals surface area contributed by atoms with E-state index in [1.54, 1.807) is 53.6 Å². The van der Waals surface area contributed by atoms with Crippen LogP contribution in [-0.4, -0.2) is 44.2 Å². The zero-order chi connectivity index (χ0) is 26.5. The maximum absolute atomic E-state index is 14.3. The number of likely N-dealkylation sites (tertiary alicyclic amines) is 1. The van der Waals surface area contributed by atoms with Crippen LogP contribution in [0.3, 0.4) is 0 Å². The van der Waals surface area contributed by atoms with Crippen LogP contribution in [0.1, 0.15) is 17.5 Å². The van der Waals surface area contributed by atoms with E-state index in [1.165, 1.54) is 41.2 Å². The van der Waals surface area contributed by atoms with Crippen molar-refractivity contribution >= 4 is 11.7 Å². The van der Waals surface area contributed by atoms with E-state index in [2.05, 4.69) is 10.3 Å². The van der Waals surface area contributed by atoms with Gasteiger partial charge in [-0.05, 0) is 72.4 Å². The minimum atomic E-state index is -0.613. The van der Waals surface area contributed by atoms with Crippen molar-refractivity contribution in [3.63, 3.8) is 0 Å². The number of carbonyl (C=O) groups excluding carboxylic acids is 2. The molecule has 4 aromatic rings. The molecule has 1 fully saturated rings. The third-order valence-corrected chi connectivity index (χ3v) is 6.67. The Morgan fingerprint density at radius 1 is 0.947 bits per heavy atom. The van der Waals surface area contributed by atoms with Gasteiger partial charge in [0.2, 0.25) is 5.91 Å². The molecule has 2 heterocycles. The third kappa shape index (κ3) is 6.11. The second kappa shape index (κ2) is 11.3. The van der Waals surface area contributed by atoms with Gasteiger partial charge in [-0.15, -0.1) is 5.10 Å². The number of amides is 1. The van der Waals surface area contributed by atoms with Gasteiger partial charge in [0.25, 0.3) is 0 Å². The van der Waals surface area contributed by atoms with Gasteiger partial charge < -0.3 is 9.64 Å². The summed E-state index contributed by atoms with van der Waals surface area (Å²) in [7, 11) is 0. The van der Waals surface area contributed by atoms with E-state index < -0.39 is 6.04 Å². The van der Waals surface area contributed by atoms with E-state index in [9.17, 15) is 18.4 Å². The highest BCUT2D eigenvalue weighted by atomic mass is 19.1. The molecule has 194 valence electrons. The number of ketones is 1. The van der Waals surface area contributed by atoms with E-state index in [1.807, 2.05) is 0 Å². The van der Waals surface area contributed by atoms with E-state index in [0.717, 1.165) is 5.56 Å². The van der Waals surface area contributed by atoms with Crippen LogP contribution in [-0.2, 0) is 29.0 Å². The Labute approximate surface area is 218 Å². The molecule has 1 aliphatic heterocycles. The van der Waals surface area contributed by atoms with Crippen LogP contribution in [0.4, 0.5) is 8.78 Å². The number of halogens is 2. The van der Waals surface area contributed by atoms with Crippen molar-refractivity contribution in [2.24, 2.45) is 5.92 Å². The van der Waals surface area contributed by atoms with E-state index in [4.69, 9.17) is 4.74 Å². The van der Waals surface area contributed by atoms with Crippen LogP contribution in [0.25, 0.3) is 0 Å². The Morgan fingerprint density at radius 2 is 1.66 bits per heavy atom. The summed E-state index contributed by atoms with van der Waals surface area (Å²) < 4.78 is 34.6. The molecule has 0 spiro atoms. The SMILES string of the molecule is O=C(Cc1ccc(Oc2ccc(F)cc2)cc1)[C@@H]1C[C@@H](Cc2ccccc2F)CN1C(=O)Cn1ccnn1. The molecule has 2 atom stereocenters. The van der Waals surface area contributed by atoms with Crippen LogP contribution in [0.5, 0.6) is 11.5 Å². The number of hydrogen-bond acceptors (Lipinski definition) is 5. The molecule has 0 saturated carbocycles. The van der Waals surface area contributed by atoms with E-state index in [0.29, 0.717) is 36.4 Å². The molecule has 9 heteroatoms. The molecule has 5 rings (SSSR count). The fourth-order valence-corrected chi connectivity index (χ4v) is 4.81. The maximum atomic E-state index is 14.3. The minimum absolute atomic E-state index is 0.0222. The number of ether oxygens (including phenoxy) is 1. The molecule has 3 aromatic carbocycles. The minimum Gasteiger partial charge on any atom is -0.457 e. The van der Waals surface area contributed by atoms with Gasteiger partial charge in [0.15, 0.2) is 5.78 Å². The highest BCUT2D eigenvalue weighted by molar-refractivity contribution is 5.91. The van der Waals surface area contributed by atoms with Gasteiger partial charge in [-0.25, -0.2) is 13.5 Å². The van der Waals surface area contributed by atoms with Gasteiger partial charge in [0, 0.05) is 19.2 Å². The van der Waals surface area contributed by atoms with Crippen molar-refractivity contribution in [1.29, 1.82) is 0 Å². The smallest absolute Gasteiger partial charge is 0.244 e. The quantitative estimate of drug-likeness (QED) is 0.325. The predicted molar refractivity (Wildman–Crippen MR) is 135 cm³/mol. The Balaban J connectivity index is 1.27. The lowest BCUT2D eigenvalue weighted by atomic mass is 9.94. The first-order valence-electron chi connectivity index (χ1n) is 12.4. The first kappa shape index (κ1) is 25.3. The Hall–Kier alpha value is -4.40. The first-order chi connectivity index (χ1) is 18.4. The van der Waals surface area contributed by atoms with E-state index >= 15 is 0 Å². The number of aromatic nitrogens is 3. The summed E-state index contributed by atoms with van der Waals surface area (Å²) in [6.45, 7) is 0.342. The molecule has 7 nitrogen and oxygen atoms in total. The topological polar surface area (TPSA) is 77.3 Å². The second-order valence-electron chi connectivity index (χ2n) is 9.40. The molecular formula is C29H26F2N4O3. The number of rotatable bonds is 9. The highest BCUT2D eigenvalue weighted by Gasteiger charge is 2.39. The molecule has 38 heavy (non-hydrogen) atoms. The van der Waals surface area contributed by atoms with Crippen LogP contribution in [0, 0.1) is 17.6 Å². The average Bonchev–Trinajstić information content (AvgIpc) is 3.58. The van der Waals surface area contributed by atoms with Gasteiger partial charge in [0.05, 0.1) is 12.2 Å². The summed E-state index contributed by atoms with van der Waals surface area (Å²) in [5.74, 6) is 0.0702. The second-order valence-corrected chi connectivity index (χ2v) is 9.40. The lowest BCUT2D eigenvalue weighted by Gasteiger charge is -2.23. The van der Waals surface area contributed by atoms with Gasteiger partial charge in [-0.2, -0.15) is 0 Å². The van der Waals surface area contributed by atoms with Crippen molar-refractivity contribution < 1.29 is 23.1 Å². The predicted octanol–water partition coefficient (Wildman–Crippen LogP) is 4.62. The molecule has 1 aromatic heterocycles. The van der Waals surface area contributed by atoms with E-state index in [-0.39, 0.29) is 42.2 Å². The molecule has 0 radical (unpaired) electrons. The normalized spacial score (nSPS) is 16.9. The molecular weight excluding hydrogens is 490 g/mol. The number of carbonyl (C=O) groups is 2. The monoisotopic (exact) mass is 516 g/mol. The maximum Gasteiger partial charge on any atom is 0.244 e. The van der Waals surface area contributed by atoms with Crippen LogP contribution in [0.15, 0.2) is 85.2 Å². The molecule has 1 aliphatic rings. The molecule has 0 bridgehead atoms. The van der Waals surface area contributed by atoms with Crippen LogP contribution in [0.2, 0.25) is 0 Å². The number of nitrogens with zero attached hydrogens (tertiary/aromatic N) is 4. The van der Waals surface area contributed by atoms with Gasteiger partial charge in [-0.1, -0.05) is 35.5 Å².